The maximum absolute atomic E-state index is 11.8. The van der Waals surface area contributed by atoms with Gasteiger partial charge in [0.25, 0.3) is 5.91 Å². The Kier molecular flexibility index (Phi) is 5.55. The van der Waals surface area contributed by atoms with Crippen LogP contribution in [0.5, 0.6) is 0 Å². The van der Waals surface area contributed by atoms with E-state index in [4.69, 9.17) is 45.0 Å². The molecule has 0 bridgehead atoms. The first-order chi connectivity index (χ1) is 9.23. The molecule has 10 heteroatoms. The molecule has 0 aromatic carbocycles. The first-order valence-corrected chi connectivity index (χ1v) is 6.12. The van der Waals surface area contributed by atoms with Crippen molar-refractivity contribution in [3.63, 3.8) is 0 Å². The Labute approximate surface area is 127 Å². The highest BCUT2D eigenvalue weighted by atomic mass is 35.5. The largest absolute Gasteiger partial charge is 0.481 e. The van der Waals surface area contributed by atoms with Crippen LogP contribution in [-0.4, -0.2) is 39.1 Å². The van der Waals surface area contributed by atoms with Gasteiger partial charge in [0.1, 0.15) is 11.7 Å². The van der Waals surface area contributed by atoms with E-state index in [0.29, 0.717) is 0 Å². The third-order valence-electron chi connectivity index (χ3n) is 2.11. The number of amides is 1. The number of carboxylic acid groups (broad SMARTS) is 2. The predicted molar refractivity (Wildman–Crippen MR) is 70.4 cm³/mol. The van der Waals surface area contributed by atoms with Crippen LogP contribution in [0.15, 0.2) is 6.20 Å². The SMILES string of the molecule is O=C(O)C[C@H](NC(=O)c1ncc(Cl)c(Cl)c1Cl)C(=O)O. The number of hydrogen-bond acceptors (Lipinski definition) is 4. The van der Waals surface area contributed by atoms with Crippen LogP contribution < -0.4 is 5.32 Å². The van der Waals surface area contributed by atoms with Crippen LogP contribution in [0.2, 0.25) is 15.1 Å². The molecule has 108 valence electrons. The Morgan fingerprint density at radius 3 is 2.30 bits per heavy atom. The molecular formula is C10H7Cl3N2O5. The summed E-state index contributed by atoms with van der Waals surface area (Å²) in [5, 5.41) is 19.0. The number of aliphatic carboxylic acids is 2. The minimum Gasteiger partial charge on any atom is -0.481 e. The van der Waals surface area contributed by atoms with Crippen molar-refractivity contribution in [1.29, 1.82) is 0 Å². The van der Waals surface area contributed by atoms with Crippen molar-refractivity contribution in [3.8, 4) is 0 Å². The number of hydrogen-bond donors (Lipinski definition) is 3. The van der Waals surface area contributed by atoms with E-state index in [0.717, 1.165) is 6.20 Å². The van der Waals surface area contributed by atoms with Crippen molar-refractivity contribution >= 4 is 52.6 Å². The van der Waals surface area contributed by atoms with Gasteiger partial charge in [-0.1, -0.05) is 34.8 Å². The van der Waals surface area contributed by atoms with E-state index in [-0.39, 0.29) is 20.8 Å². The number of aromatic nitrogens is 1. The molecule has 1 aromatic rings. The number of halogens is 3. The first kappa shape index (κ1) is 16.5. The highest BCUT2D eigenvalue weighted by Crippen LogP contribution is 2.30. The normalized spacial score (nSPS) is 11.8. The third kappa shape index (κ3) is 3.96. The number of pyridine rings is 1. The van der Waals surface area contributed by atoms with E-state index in [1.165, 1.54) is 0 Å². The molecule has 3 N–H and O–H groups in total. The predicted octanol–water partition coefficient (Wildman–Crippen LogP) is 1.70. The van der Waals surface area contributed by atoms with Crippen LogP contribution in [0.25, 0.3) is 0 Å². The molecule has 0 saturated carbocycles. The van der Waals surface area contributed by atoms with Crippen LogP contribution in [0.4, 0.5) is 0 Å². The smallest absolute Gasteiger partial charge is 0.326 e. The van der Waals surface area contributed by atoms with Crippen LogP contribution in [0.1, 0.15) is 16.9 Å². The maximum atomic E-state index is 11.8. The van der Waals surface area contributed by atoms with E-state index in [9.17, 15) is 14.4 Å². The van der Waals surface area contributed by atoms with Crippen molar-refractivity contribution in [1.82, 2.24) is 10.3 Å². The van der Waals surface area contributed by atoms with Gasteiger partial charge in [-0.2, -0.15) is 0 Å². The summed E-state index contributed by atoms with van der Waals surface area (Å²) in [6.07, 6.45) is 0.275. The molecule has 0 aliphatic carbocycles. The summed E-state index contributed by atoms with van der Waals surface area (Å²) in [5.41, 5.74) is -0.349. The molecule has 0 aliphatic rings. The van der Waals surface area contributed by atoms with Gasteiger partial charge in [0.2, 0.25) is 0 Å². The van der Waals surface area contributed by atoms with E-state index in [1.54, 1.807) is 0 Å². The monoisotopic (exact) mass is 340 g/mol. The quantitative estimate of drug-likeness (QED) is 0.750. The average molecular weight is 342 g/mol. The lowest BCUT2D eigenvalue weighted by atomic mass is 10.2. The fourth-order valence-corrected chi connectivity index (χ4v) is 1.77. The number of nitrogens with zero attached hydrogens (tertiary/aromatic N) is 1. The molecule has 1 rings (SSSR count). The van der Waals surface area contributed by atoms with Gasteiger partial charge in [-0.25, -0.2) is 9.78 Å². The Bertz CT molecular complexity index is 578. The fourth-order valence-electron chi connectivity index (χ4n) is 1.20. The van der Waals surface area contributed by atoms with Crippen molar-refractivity contribution in [2.45, 2.75) is 12.5 Å². The molecular weight excluding hydrogens is 334 g/mol. The number of rotatable bonds is 5. The summed E-state index contributed by atoms with van der Waals surface area (Å²) in [4.78, 5) is 36.8. The highest BCUT2D eigenvalue weighted by molar-refractivity contribution is 6.48. The zero-order chi connectivity index (χ0) is 15.4. The standard InChI is InChI=1S/C10H7Cl3N2O5/c11-3-2-14-8(7(13)6(3)12)9(18)15-4(10(19)20)1-5(16)17/h2,4H,1H2,(H,15,18)(H,16,17)(H,19,20)/t4-/m0/s1. The molecule has 0 saturated heterocycles. The third-order valence-corrected chi connectivity index (χ3v) is 3.36. The van der Waals surface area contributed by atoms with Crippen molar-refractivity contribution in [3.05, 3.63) is 27.0 Å². The van der Waals surface area contributed by atoms with Gasteiger partial charge in [-0.3, -0.25) is 9.59 Å². The second-order valence-electron chi connectivity index (χ2n) is 3.54. The molecule has 1 atom stereocenters. The fraction of sp³-hybridized carbons (Fsp3) is 0.200. The van der Waals surface area contributed by atoms with Crippen molar-refractivity contribution in [2.24, 2.45) is 0 Å². The number of carbonyl (C=O) groups excluding carboxylic acids is 1. The molecule has 1 aromatic heterocycles. The van der Waals surface area contributed by atoms with E-state index in [1.807, 2.05) is 5.32 Å². The molecule has 0 fully saturated rings. The summed E-state index contributed by atoms with van der Waals surface area (Å²) in [6, 6.07) is -1.62. The average Bonchev–Trinajstić information content (AvgIpc) is 2.34. The Morgan fingerprint density at radius 1 is 1.20 bits per heavy atom. The highest BCUT2D eigenvalue weighted by Gasteiger charge is 2.26. The van der Waals surface area contributed by atoms with Crippen molar-refractivity contribution < 1.29 is 24.6 Å². The summed E-state index contributed by atoms with van der Waals surface area (Å²) in [7, 11) is 0. The molecule has 0 spiro atoms. The molecule has 7 nitrogen and oxygen atoms in total. The van der Waals surface area contributed by atoms with E-state index in [2.05, 4.69) is 4.98 Å². The summed E-state index contributed by atoms with van der Waals surface area (Å²) in [6.45, 7) is 0. The lowest BCUT2D eigenvalue weighted by molar-refractivity contribution is -0.145. The second kappa shape index (κ2) is 6.74. The minimum absolute atomic E-state index is 0.0218. The number of carbonyl (C=O) groups is 3. The van der Waals surface area contributed by atoms with E-state index >= 15 is 0 Å². The van der Waals surface area contributed by atoms with Gasteiger partial charge >= 0.3 is 11.9 Å². The zero-order valence-corrected chi connectivity index (χ0v) is 11.8. The van der Waals surface area contributed by atoms with Crippen LogP contribution >= 0.6 is 34.8 Å². The lowest BCUT2D eigenvalue weighted by Gasteiger charge is -2.13. The summed E-state index contributed by atoms with van der Waals surface area (Å²) in [5.74, 6) is -3.86. The van der Waals surface area contributed by atoms with Gasteiger partial charge in [-0.05, 0) is 0 Å². The summed E-state index contributed by atoms with van der Waals surface area (Å²) < 4.78 is 0. The Morgan fingerprint density at radius 2 is 1.80 bits per heavy atom. The van der Waals surface area contributed by atoms with Gasteiger partial charge < -0.3 is 15.5 Å². The van der Waals surface area contributed by atoms with Gasteiger partial charge in [-0.15, -0.1) is 0 Å². The van der Waals surface area contributed by atoms with Gasteiger partial charge in [0, 0.05) is 6.20 Å². The Hall–Kier alpha value is -1.57. The molecule has 0 unspecified atom stereocenters. The minimum atomic E-state index is -1.62. The van der Waals surface area contributed by atoms with E-state index < -0.39 is 30.3 Å². The van der Waals surface area contributed by atoms with Gasteiger partial charge in [0.15, 0.2) is 0 Å². The zero-order valence-electron chi connectivity index (χ0n) is 9.56. The molecule has 1 amide bonds. The number of nitrogens with one attached hydrogen (secondary N) is 1. The molecule has 0 radical (unpaired) electrons. The molecule has 1 heterocycles. The molecule has 20 heavy (non-hydrogen) atoms. The van der Waals surface area contributed by atoms with Crippen LogP contribution in [0, 0.1) is 0 Å². The first-order valence-electron chi connectivity index (χ1n) is 4.99. The molecule has 0 aliphatic heterocycles. The van der Waals surface area contributed by atoms with Crippen LogP contribution in [-0.2, 0) is 9.59 Å². The lowest BCUT2D eigenvalue weighted by Crippen LogP contribution is -2.42. The number of carboxylic acids is 2. The summed E-state index contributed by atoms with van der Waals surface area (Å²) >= 11 is 17.1. The topological polar surface area (TPSA) is 117 Å². The Balaban J connectivity index is 2.98. The van der Waals surface area contributed by atoms with Crippen LogP contribution in [0.3, 0.4) is 0 Å². The maximum Gasteiger partial charge on any atom is 0.326 e. The van der Waals surface area contributed by atoms with Gasteiger partial charge in [0.05, 0.1) is 21.5 Å². The second-order valence-corrected chi connectivity index (χ2v) is 4.71. The van der Waals surface area contributed by atoms with Crippen molar-refractivity contribution in [2.75, 3.05) is 0 Å².